The van der Waals surface area contributed by atoms with Crippen LogP contribution in [0, 0.1) is 0 Å². The van der Waals surface area contributed by atoms with Gasteiger partial charge in [0.1, 0.15) is 0 Å². The average molecular weight is 266 g/mol. The molecule has 0 unspecified atom stereocenters. The van der Waals surface area contributed by atoms with Crippen LogP contribution in [0.25, 0.3) is 0 Å². The molecule has 0 radical (unpaired) electrons. The second-order valence-corrected chi connectivity index (χ2v) is 6.11. The zero-order valence-electron chi connectivity index (χ0n) is 8.18. The molecule has 13 heavy (non-hydrogen) atoms. The van der Waals surface area contributed by atoms with Crippen molar-refractivity contribution in [1.82, 2.24) is 4.90 Å². The van der Waals surface area contributed by atoms with Crippen LogP contribution in [0.3, 0.4) is 0 Å². The molecular formula is C9H16BrNOS. The number of unbranched alkanes of at least 4 members (excludes halogenated alkanes) is 1. The van der Waals surface area contributed by atoms with Crippen LogP contribution in [0.15, 0.2) is 0 Å². The Morgan fingerprint density at radius 3 is 2.69 bits per heavy atom. The first-order chi connectivity index (χ1) is 6.08. The fraction of sp³-hybridized carbons (Fsp3) is 0.889. The van der Waals surface area contributed by atoms with Gasteiger partial charge in [0.25, 0.3) is 0 Å². The van der Waals surface area contributed by atoms with E-state index in [2.05, 4.69) is 15.9 Å². The maximum Gasteiger partial charge on any atom is 0.238 e. The maximum atomic E-state index is 11.7. The van der Waals surface area contributed by atoms with Crippen LogP contribution in [0.4, 0.5) is 0 Å². The third-order valence-corrected chi connectivity index (χ3v) is 4.09. The van der Waals surface area contributed by atoms with Gasteiger partial charge in [0.05, 0.1) is 10.6 Å². The summed E-state index contributed by atoms with van der Waals surface area (Å²) in [4.78, 5) is 13.7. The molecule has 1 aliphatic rings. The Morgan fingerprint density at radius 2 is 2.23 bits per heavy atom. The fourth-order valence-corrected chi connectivity index (χ4v) is 2.68. The van der Waals surface area contributed by atoms with Crippen molar-refractivity contribution in [2.75, 3.05) is 17.8 Å². The van der Waals surface area contributed by atoms with Gasteiger partial charge in [-0.2, -0.15) is 0 Å². The predicted molar refractivity (Wildman–Crippen MR) is 61.3 cm³/mol. The molecule has 0 aliphatic carbocycles. The monoisotopic (exact) mass is 265 g/mol. The number of nitrogens with zero attached hydrogens (tertiary/aromatic N) is 1. The predicted octanol–water partition coefficient (Wildman–Crippen LogP) is 2.47. The summed E-state index contributed by atoms with van der Waals surface area (Å²) in [6.07, 6.45) is 2.25. The smallest absolute Gasteiger partial charge is 0.238 e. The van der Waals surface area contributed by atoms with Crippen molar-refractivity contribution < 1.29 is 4.79 Å². The largest absolute Gasteiger partial charge is 0.332 e. The molecule has 0 aromatic heterocycles. The lowest BCUT2D eigenvalue weighted by molar-refractivity contribution is -0.130. The Bertz CT molecular complexity index is 196. The van der Waals surface area contributed by atoms with Crippen molar-refractivity contribution in [2.24, 2.45) is 0 Å². The summed E-state index contributed by atoms with van der Waals surface area (Å²) in [5.74, 6) is 1.17. The number of carbonyl (C=O) groups is 1. The average Bonchev–Trinajstić information content (AvgIpc) is 2.32. The summed E-state index contributed by atoms with van der Waals surface area (Å²) < 4.78 is -0.186. The number of carbonyl (C=O) groups excluding carboxylic acids is 1. The lowest BCUT2D eigenvalue weighted by atomic mass is 10.2. The molecule has 0 N–H and O–H groups in total. The van der Waals surface area contributed by atoms with Crippen LogP contribution in [0.5, 0.6) is 0 Å². The normalized spacial score (nSPS) is 21.2. The minimum Gasteiger partial charge on any atom is -0.332 e. The number of halogens is 1. The molecule has 0 saturated carbocycles. The van der Waals surface area contributed by atoms with E-state index in [0.717, 1.165) is 30.6 Å². The van der Waals surface area contributed by atoms with Gasteiger partial charge in [-0.15, -0.1) is 11.8 Å². The van der Waals surface area contributed by atoms with Crippen LogP contribution < -0.4 is 0 Å². The van der Waals surface area contributed by atoms with Crippen molar-refractivity contribution in [3.63, 3.8) is 0 Å². The molecule has 1 fully saturated rings. The van der Waals surface area contributed by atoms with Gasteiger partial charge in [-0.3, -0.25) is 4.79 Å². The third kappa shape index (κ3) is 2.88. The van der Waals surface area contributed by atoms with Gasteiger partial charge in [0.2, 0.25) is 5.91 Å². The summed E-state index contributed by atoms with van der Waals surface area (Å²) in [6.45, 7) is 4.93. The topological polar surface area (TPSA) is 20.3 Å². The minimum absolute atomic E-state index is 0.186. The van der Waals surface area contributed by atoms with E-state index in [1.807, 2.05) is 18.7 Å². The van der Waals surface area contributed by atoms with Gasteiger partial charge in [-0.05, 0) is 26.7 Å². The van der Waals surface area contributed by atoms with E-state index >= 15 is 0 Å². The van der Waals surface area contributed by atoms with Gasteiger partial charge in [-0.25, -0.2) is 0 Å². The van der Waals surface area contributed by atoms with Crippen molar-refractivity contribution in [1.29, 1.82) is 0 Å². The Labute approximate surface area is 92.6 Å². The van der Waals surface area contributed by atoms with E-state index in [1.54, 1.807) is 11.8 Å². The van der Waals surface area contributed by atoms with Crippen molar-refractivity contribution in [3.05, 3.63) is 0 Å². The zero-order valence-corrected chi connectivity index (χ0v) is 10.6. The highest BCUT2D eigenvalue weighted by molar-refractivity contribution is 9.09. The van der Waals surface area contributed by atoms with Gasteiger partial charge in [-0.1, -0.05) is 15.9 Å². The summed E-state index contributed by atoms with van der Waals surface area (Å²) in [6, 6.07) is 0. The molecule has 0 aromatic carbocycles. The van der Waals surface area contributed by atoms with E-state index in [4.69, 9.17) is 0 Å². The van der Waals surface area contributed by atoms with Gasteiger partial charge in [0.15, 0.2) is 0 Å². The Balaban J connectivity index is 2.33. The number of hydrogen-bond acceptors (Lipinski definition) is 2. The quantitative estimate of drug-likeness (QED) is 0.575. The second-order valence-electron chi connectivity index (χ2n) is 3.75. The summed E-state index contributed by atoms with van der Waals surface area (Å²) in [5, 5.41) is 1.03. The zero-order chi connectivity index (χ0) is 9.90. The van der Waals surface area contributed by atoms with E-state index in [9.17, 15) is 4.79 Å². The van der Waals surface area contributed by atoms with Crippen LogP contribution in [0.1, 0.15) is 26.7 Å². The van der Waals surface area contributed by atoms with Crippen LogP contribution in [-0.2, 0) is 4.79 Å². The van der Waals surface area contributed by atoms with Gasteiger partial charge in [0, 0.05) is 11.9 Å². The number of rotatable bonds is 4. The first-order valence-electron chi connectivity index (χ1n) is 4.57. The number of amides is 1. The van der Waals surface area contributed by atoms with Crippen LogP contribution in [0.2, 0.25) is 0 Å². The lowest BCUT2D eigenvalue weighted by Crippen LogP contribution is -2.35. The Morgan fingerprint density at radius 1 is 1.54 bits per heavy atom. The minimum atomic E-state index is -0.186. The fourth-order valence-electron chi connectivity index (χ4n) is 1.30. The Hall–Kier alpha value is 0.300. The van der Waals surface area contributed by atoms with E-state index < -0.39 is 0 Å². The van der Waals surface area contributed by atoms with E-state index in [1.165, 1.54) is 0 Å². The molecule has 4 heteroatoms. The second kappa shape index (κ2) is 4.69. The van der Waals surface area contributed by atoms with Gasteiger partial charge < -0.3 is 4.90 Å². The highest BCUT2D eigenvalue weighted by Crippen LogP contribution is 2.34. The Kier molecular flexibility index (Phi) is 4.10. The third-order valence-electron chi connectivity index (χ3n) is 2.20. The summed E-state index contributed by atoms with van der Waals surface area (Å²) >= 11 is 5.13. The molecule has 1 saturated heterocycles. The van der Waals surface area contributed by atoms with E-state index in [-0.39, 0.29) is 4.75 Å². The standard InChI is InChI=1S/C9H16BrNOS/c1-9(2)8(12)11(7-13-9)6-4-3-5-10/h3-7H2,1-2H3. The molecule has 0 aromatic rings. The molecule has 1 aliphatic heterocycles. The van der Waals surface area contributed by atoms with Crippen molar-refractivity contribution in [3.8, 4) is 0 Å². The first-order valence-corrected chi connectivity index (χ1v) is 6.68. The number of thioether (sulfide) groups is 1. The van der Waals surface area contributed by atoms with Gasteiger partial charge >= 0.3 is 0 Å². The molecule has 0 atom stereocenters. The highest BCUT2D eigenvalue weighted by atomic mass is 79.9. The number of alkyl halides is 1. The van der Waals surface area contributed by atoms with E-state index in [0.29, 0.717) is 5.91 Å². The SMILES string of the molecule is CC1(C)SCN(CCCCBr)C1=O. The highest BCUT2D eigenvalue weighted by Gasteiger charge is 2.38. The lowest BCUT2D eigenvalue weighted by Gasteiger charge is -2.17. The molecule has 0 spiro atoms. The molecule has 1 amide bonds. The maximum absolute atomic E-state index is 11.7. The van der Waals surface area contributed by atoms with Crippen LogP contribution in [-0.4, -0.2) is 33.3 Å². The number of hydrogen-bond donors (Lipinski definition) is 0. The first kappa shape index (κ1) is 11.4. The molecule has 2 nitrogen and oxygen atoms in total. The molecule has 1 heterocycles. The summed E-state index contributed by atoms with van der Waals surface area (Å²) in [5.41, 5.74) is 0. The van der Waals surface area contributed by atoms with Crippen LogP contribution >= 0.6 is 27.7 Å². The molecule has 1 rings (SSSR count). The molecule has 76 valence electrons. The van der Waals surface area contributed by atoms with Crippen molar-refractivity contribution >= 4 is 33.6 Å². The summed E-state index contributed by atoms with van der Waals surface area (Å²) in [7, 11) is 0. The molecular weight excluding hydrogens is 250 g/mol. The van der Waals surface area contributed by atoms with Crippen molar-refractivity contribution in [2.45, 2.75) is 31.4 Å². The molecule has 0 bridgehead atoms.